The van der Waals surface area contributed by atoms with E-state index in [-0.39, 0.29) is 17.5 Å². The lowest BCUT2D eigenvalue weighted by Gasteiger charge is -2.09. The minimum atomic E-state index is -0.546. The van der Waals surface area contributed by atoms with Crippen molar-refractivity contribution in [2.24, 2.45) is 5.73 Å². The molecule has 0 aliphatic carbocycles. The number of nitrogens with two attached hydrogens (primary N) is 1. The number of aromatic nitrogens is 2. The molecular formula is C16H21ClN6O4. The summed E-state index contributed by atoms with van der Waals surface area (Å²) in [7, 11) is 0. The molecule has 0 spiro atoms. The van der Waals surface area contributed by atoms with Crippen LogP contribution >= 0.6 is 11.6 Å². The van der Waals surface area contributed by atoms with Gasteiger partial charge >= 0.3 is 5.69 Å². The van der Waals surface area contributed by atoms with E-state index in [2.05, 4.69) is 20.6 Å². The molecule has 1 aromatic carbocycles. The molecular weight excluding hydrogens is 376 g/mol. The van der Waals surface area contributed by atoms with Crippen LogP contribution in [-0.2, 0) is 9.47 Å². The second-order valence-electron chi connectivity index (χ2n) is 5.26. The highest BCUT2D eigenvalue weighted by Gasteiger charge is 2.17. The third-order valence-electron chi connectivity index (χ3n) is 3.24. The van der Waals surface area contributed by atoms with Gasteiger partial charge in [-0.05, 0) is 24.3 Å². The predicted octanol–water partition coefficient (Wildman–Crippen LogP) is 2.19. The van der Waals surface area contributed by atoms with Crippen molar-refractivity contribution in [3.63, 3.8) is 0 Å². The molecule has 0 aliphatic heterocycles. The first-order chi connectivity index (χ1) is 13.1. The summed E-state index contributed by atoms with van der Waals surface area (Å²) in [4.78, 5) is 18.7. The number of anilines is 3. The number of rotatable bonds is 12. The molecule has 0 atom stereocenters. The zero-order valence-electron chi connectivity index (χ0n) is 14.6. The number of benzene rings is 1. The van der Waals surface area contributed by atoms with Crippen LogP contribution in [0.3, 0.4) is 0 Å². The van der Waals surface area contributed by atoms with Crippen LogP contribution in [0, 0.1) is 10.1 Å². The number of ether oxygens (including phenoxy) is 2. The minimum absolute atomic E-state index is 0.106. The summed E-state index contributed by atoms with van der Waals surface area (Å²) in [5, 5.41) is 17.6. The first-order valence-electron chi connectivity index (χ1n) is 8.23. The maximum absolute atomic E-state index is 11.2. The third-order valence-corrected chi connectivity index (χ3v) is 3.49. The van der Waals surface area contributed by atoms with Gasteiger partial charge in [0.05, 0.1) is 31.4 Å². The highest BCUT2D eigenvalue weighted by molar-refractivity contribution is 6.30. The van der Waals surface area contributed by atoms with Gasteiger partial charge in [0.25, 0.3) is 0 Å². The van der Waals surface area contributed by atoms with E-state index in [4.69, 9.17) is 26.8 Å². The average Bonchev–Trinajstić information content (AvgIpc) is 2.66. The van der Waals surface area contributed by atoms with Crippen LogP contribution in [0.5, 0.6) is 0 Å². The van der Waals surface area contributed by atoms with E-state index in [1.165, 1.54) is 0 Å². The fourth-order valence-corrected chi connectivity index (χ4v) is 2.13. The molecule has 146 valence electrons. The highest BCUT2D eigenvalue weighted by Crippen LogP contribution is 2.23. The number of hydrogen-bond acceptors (Lipinski definition) is 9. The smallest absolute Gasteiger partial charge is 0.329 e. The summed E-state index contributed by atoms with van der Waals surface area (Å²) in [6, 6.07) is 6.92. The first kappa shape index (κ1) is 20.8. The van der Waals surface area contributed by atoms with Gasteiger partial charge in [-0.1, -0.05) is 11.6 Å². The Bertz CT molecular complexity index is 731. The van der Waals surface area contributed by atoms with Crippen molar-refractivity contribution in [1.82, 2.24) is 9.97 Å². The van der Waals surface area contributed by atoms with Crippen LogP contribution in [0.1, 0.15) is 0 Å². The maximum Gasteiger partial charge on any atom is 0.329 e. The quantitative estimate of drug-likeness (QED) is 0.280. The van der Waals surface area contributed by atoms with Crippen molar-refractivity contribution in [3.05, 3.63) is 45.6 Å². The Hall–Kier alpha value is -2.53. The van der Waals surface area contributed by atoms with Crippen LogP contribution in [0.15, 0.2) is 30.5 Å². The molecule has 11 heteroatoms. The van der Waals surface area contributed by atoms with Gasteiger partial charge in [0.15, 0.2) is 0 Å². The lowest BCUT2D eigenvalue weighted by atomic mass is 10.3. The topological polar surface area (TPSA) is 137 Å². The van der Waals surface area contributed by atoms with Crippen molar-refractivity contribution < 1.29 is 14.4 Å². The molecule has 4 N–H and O–H groups in total. The van der Waals surface area contributed by atoms with E-state index in [1.807, 2.05) is 0 Å². The second kappa shape index (κ2) is 11.2. The number of halogens is 1. The van der Waals surface area contributed by atoms with Crippen molar-refractivity contribution >= 4 is 34.7 Å². The Morgan fingerprint density at radius 1 is 1.15 bits per heavy atom. The van der Waals surface area contributed by atoms with E-state index in [0.717, 1.165) is 6.20 Å². The minimum Gasteiger partial charge on any atom is -0.378 e. The molecule has 0 unspecified atom stereocenters. The van der Waals surface area contributed by atoms with Gasteiger partial charge in [0.1, 0.15) is 6.20 Å². The normalized spacial score (nSPS) is 10.6. The summed E-state index contributed by atoms with van der Waals surface area (Å²) in [5.41, 5.74) is 5.80. The Morgan fingerprint density at radius 2 is 1.85 bits per heavy atom. The Labute approximate surface area is 161 Å². The number of hydrogen-bond donors (Lipinski definition) is 3. The SMILES string of the molecule is NCCOCCOCCNc1nc(Nc2ccc(Cl)cc2)ncc1[N+](=O)[O-]. The summed E-state index contributed by atoms with van der Waals surface area (Å²) >= 11 is 5.84. The number of nitrogens with zero attached hydrogens (tertiary/aromatic N) is 3. The van der Waals surface area contributed by atoms with Crippen molar-refractivity contribution in [2.45, 2.75) is 0 Å². The molecule has 0 radical (unpaired) electrons. The van der Waals surface area contributed by atoms with Gasteiger partial charge in [-0.3, -0.25) is 10.1 Å². The second-order valence-corrected chi connectivity index (χ2v) is 5.69. The zero-order valence-corrected chi connectivity index (χ0v) is 15.3. The first-order valence-corrected chi connectivity index (χ1v) is 8.61. The zero-order chi connectivity index (χ0) is 19.5. The van der Waals surface area contributed by atoms with Gasteiger partial charge in [-0.25, -0.2) is 4.98 Å². The Kier molecular flexibility index (Phi) is 8.65. The highest BCUT2D eigenvalue weighted by atomic mass is 35.5. The van der Waals surface area contributed by atoms with Gasteiger partial charge < -0.3 is 25.8 Å². The van der Waals surface area contributed by atoms with Crippen LogP contribution in [0.4, 0.5) is 23.1 Å². The Balaban J connectivity index is 1.90. The summed E-state index contributed by atoms with van der Waals surface area (Å²) < 4.78 is 10.6. The fourth-order valence-electron chi connectivity index (χ4n) is 2.01. The van der Waals surface area contributed by atoms with Crippen LogP contribution < -0.4 is 16.4 Å². The number of nitro groups is 1. The van der Waals surface area contributed by atoms with Gasteiger partial charge in [-0.2, -0.15) is 4.98 Å². The molecule has 0 bridgehead atoms. The summed E-state index contributed by atoms with van der Waals surface area (Å²) in [6.45, 7) is 2.49. The maximum atomic E-state index is 11.2. The van der Waals surface area contributed by atoms with Crippen molar-refractivity contribution in [1.29, 1.82) is 0 Å². The van der Waals surface area contributed by atoms with E-state index in [0.29, 0.717) is 50.2 Å². The fraction of sp³-hybridized carbons (Fsp3) is 0.375. The molecule has 0 amide bonds. The Morgan fingerprint density at radius 3 is 2.52 bits per heavy atom. The summed E-state index contributed by atoms with van der Waals surface area (Å²) in [6.07, 6.45) is 1.15. The molecule has 0 saturated heterocycles. The molecule has 1 aromatic heterocycles. The van der Waals surface area contributed by atoms with Gasteiger partial charge in [0, 0.05) is 23.8 Å². The van der Waals surface area contributed by atoms with Crippen molar-refractivity contribution in [3.8, 4) is 0 Å². The molecule has 0 saturated carbocycles. The molecule has 10 nitrogen and oxygen atoms in total. The molecule has 2 rings (SSSR count). The van der Waals surface area contributed by atoms with Gasteiger partial charge in [-0.15, -0.1) is 0 Å². The number of nitrogens with one attached hydrogen (secondary N) is 2. The van der Waals surface area contributed by atoms with Gasteiger partial charge in [0.2, 0.25) is 11.8 Å². The molecule has 0 fully saturated rings. The van der Waals surface area contributed by atoms with Crippen LogP contribution in [-0.4, -0.2) is 54.4 Å². The van der Waals surface area contributed by atoms with Crippen LogP contribution in [0.25, 0.3) is 0 Å². The third kappa shape index (κ3) is 7.31. The molecule has 0 aliphatic rings. The summed E-state index contributed by atoms with van der Waals surface area (Å²) in [5.74, 6) is 0.330. The lowest BCUT2D eigenvalue weighted by Crippen LogP contribution is -2.16. The molecule has 2 aromatic rings. The van der Waals surface area contributed by atoms with E-state index in [9.17, 15) is 10.1 Å². The largest absolute Gasteiger partial charge is 0.378 e. The standard InChI is InChI=1S/C16H21ClN6O4/c17-12-1-3-13(4-2-12)21-16-20-11-14(23(24)25)15(22-16)19-6-8-27-10-9-26-7-5-18/h1-4,11H,5-10,18H2,(H2,19,20,21,22). The van der Waals surface area contributed by atoms with Crippen LogP contribution in [0.2, 0.25) is 5.02 Å². The average molecular weight is 397 g/mol. The van der Waals surface area contributed by atoms with Crippen molar-refractivity contribution in [2.75, 3.05) is 50.2 Å². The van der Waals surface area contributed by atoms with E-state index < -0.39 is 4.92 Å². The molecule has 1 heterocycles. The predicted molar refractivity (Wildman–Crippen MR) is 103 cm³/mol. The van der Waals surface area contributed by atoms with E-state index in [1.54, 1.807) is 24.3 Å². The van der Waals surface area contributed by atoms with E-state index >= 15 is 0 Å². The monoisotopic (exact) mass is 396 g/mol. The lowest BCUT2D eigenvalue weighted by molar-refractivity contribution is -0.384. The molecule has 27 heavy (non-hydrogen) atoms.